The molecule has 0 saturated heterocycles. The molecule has 0 spiro atoms. The van der Waals surface area contributed by atoms with Gasteiger partial charge in [0.15, 0.2) is 0 Å². The topological polar surface area (TPSA) is 52.3 Å². The summed E-state index contributed by atoms with van der Waals surface area (Å²) in [5.41, 5.74) is 8.55. The van der Waals surface area contributed by atoms with Gasteiger partial charge < -0.3 is 10.5 Å². The van der Waals surface area contributed by atoms with E-state index in [0.717, 1.165) is 16.7 Å². The third-order valence-corrected chi connectivity index (χ3v) is 3.89. The van der Waals surface area contributed by atoms with Crippen molar-refractivity contribution in [2.75, 3.05) is 6.61 Å². The highest BCUT2D eigenvalue weighted by Gasteiger charge is 2.14. The maximum atomic E-state index is 11.5. The summed E-state index contributed by atoms with van der Waals surface area (Å²) in [6, 6.07) is 12.5. The fourth-order valence-corrected chi connectivity index (χ4v) is 2.83. The summed E-state index contributed by atoms with van der Waals surface area (Å²) < 4.78 is 4.93. The van der Waals surface area contributed by atoms with Crippen LogP contribution >= 0.6 is 23.2 Å². The lowest BCUT2D eigenvalue weighted by molar-refractivity contribution is -0.143. The summed E-state index contributed by atoms with van der Waals surface area (Å²) in [6.45, 7) is 2.12. The van der Waals surface area contributed by atoms with E-state index in [1.807, 2.05) is 24.3 Å². The van der Waals surface area contributed by atoms with Gasteiger partial charge in [0.05, 0.1) is 13.0 Å². The molecule has 0 heterocycles. The minimum atomic E-state index is -0.430. The van der Waals surface area contributed by atoms with Crippen LogP contribution in [0.15, 0.2) is 42.5 Å². The third-order valence-electron chi connectivity index (χ3n) is 3.26. The zero-order valence-electron chi connectivity index (χ0n) is 12.2. The maximum Gasteiger partial charge on any atom is 0.307 e. The van der Waals surface area contributed by atoms with Crippen molar-refractivity contribution in [3.8, 4) is 11.1 Å². The maximum absolute atomic E-state index is 11.5. The van der Waals surface area contributed by atoms with Crippen molar-refractivity contribution < 1.29 is 9.53 Å². The smallest absolute Gasteiger partial charge is 0.307 e. The molecular weight excluding hydrogens is 321 g/mol. The van der Waals surface area contributed by atoms with Gasteiger partial charge in [-0.05, 0) is 36.2 Å². The van der Waals surface area contributed by atoms with Gasteiger partial charge >= 0.3 is 5.97 Å². The minimum absolute atomic E-state index is 0.132. The Kier molecular flexibility index (Phi) is 5.83. The predicted octanol–water partition coefficient (Wildman–Crippen LogP) is 4.61. The molecule has 0 bridgehead atoms. The van der Waals surface area contributed by atoms with Crippen LogP contribution in [-0.2, 0) is 9.53 Å². The molecule has 0 aliphatic heterocycles. The standard InChI is InChI=1S/C17H17Cl2NO2/c1-2-22-16(21)10-15(20)11-5-3-6-12(9-11)17-13(18)7-4-8-14(17)19/h3-9,15H,2,10,20H2,1H3/t15-/m0/s1. The van der Waals surface area contributed by atoms with E-state index in [1.165, 1.54) is 0 Å². The first-order valence-corrected chi connectivity index (χ1v) is 7.74. The Labute approximate surface area is 140 Å². The van der Waals surface area contributed by atoms with E-state index in [2.05, 4.69) is 0 Å². The van der Waals surface area contributed by atoms with E-state index in [-0.39, 0.29) is 12.4 Å². The Morgan fingerprint density at radius 3 is 2.45 bits per heavy atom. The van der Waals surface area contributed by atoms with E-state index < -0.39 is 6.04 Å². The zero-order valence-corrected chi connectivity index (χ0v) is 13.7. The van der Waals surface area contributed by atoms with Gasteiger partial charge in [0.25, 0.3) is 0 Å². The van der Waals surface area contributed by atoms with Crippen molar-refractivity contribution in [2.24, 2.45) is 5.73 Å². The van der Waals surface area contributed by atoms with Crippen LogP contribution in [0.5, 0.6) is 0 Å². The molecule has 0 aliphatic rings. The van der Waals surface area contributed by atoms with Gasteiger partial charge in [-0.1, -0.05) is 47.5 Å². The molecular formula is C17H17Cl2NO2. The minimum Gasteiger partial charge on any atom is -0.466 e. The average molecular weight is 338 g/mol. The molecule has 2 N–H and O–H groups in total. The number of ether oxygens (including phenoxy) is 1. The molecule has 2 aromatic carbocycles. The van der Waals surface area contributed by atoms with Gasteiger partial charge in [0.1, 0.15) is 0 Å². The molecule has 0 radical (unpaired) electrons. The molecule has 2 rings (SSSR count). The summed E-state index contributed by atoms with van der Waals surface area (Å²) in [7, 11) is 0. The van der Waals surface area contributed by atoms with E-state index in [4.69, 9.17) is 33.7 Å². The van der Waals surface area contributed by atoms with Crippen molar-refractivity contribution in [3.05, 3.63) is 58.1 Å². The summed E-state index contributed by atoms with van der Waals surface area (Å²) in [5, 5.41) is 1.15. The second-order valence-corrected chi connectivity index (χ2v) is 5.65. The van der Waals surface area contributed by atoms with Crippen LogP contribution in [0.25, 0.3) is 11.1 Å². The first-order valence-electron chi connectivity index (χ1n) is 6.98. The molecule has 5 heteroatoms. The lowest BCUT2D eigenvalue weighted by atomic mass is 9.98. The zero-order chi connectivity index (χ0) is 16.1. The number of carbonyl (C=O) groups excluding carboxylic acids is 1. The molecule has 0 aromatic heterocycles. The van der Waals surface area contributed by atoms with Gasteiger partial charge in [-0.2, -0.15) is 0 Å². The first kappa shape index (κ1) is 16.8. The normalized spacial score (nSPS) is 12.0. The van der Waals surface area contributed by atoms with Crippen molar-refractivity contribution in [2.45, 2.75) is 19.4 Å². The number of nitrogens with two attached hydrogens (primary N) is 1. The Hall–Kier alpha value is -1.55. The van der Waals surface area contributed by atoms with Crippen LogP contribution < -0.4 is 5.73 Å². The molecule has 116 valence electrons. The number of rotatable bonds is 5. The third kappa shape index (κ3) is 4.01. The van der Waals surface area contributed by atoms with Crippen LogP contribution in [0.2, 0.25) is 10.0 Å². The Bertz CT molecular complexity index is 653. The molecule has 0 saturated carbocycles. The van der Waals surface area contributed by atoms with Gasteiger partial charge in [-0.3, -0.25) is 4.79 Å². The van der Waals surface area contributed by atoms with Crippen molar-refractivity contribution >= 4 is 29.2 Å². The average Bonchev–Trinajstić information content (AvgIpc) is 2.47. The summed E-state index contributed by atoms with van der Waals surface area (Å²) in [5.74, 6) is -0.309. The lowest BCUT2D eigenvalue weighted by Gasteiger charge is -2.14. The number of benzene rings is 2. The molecule has 0 fully saturated rings. The van der Waals surface area contributed by atoms with Gasteiger partial charge in [0, 0.05) is 21.7 Å². The summed E-state index contributed by atoms with van der Waals surface area (Å²) in [6.07, 6.45) is 0.132. The van der Waals surface area contributed by atoms with Crippen LogP contribution in [0.3, 0.4) is 0 Å². The number of hydrogen-bond acceptors (Lipinski definition) is 3. The summed E-state index contributed by atoms with van der Waals surface area (Å²) >= 11 is 12.5. The predicted molar refractivity (Wildman–Crippen MR) is 90.1 cm³/mol. The first-order chi connectivity index (χ1) is 10.5. The van der Waals surface area contributed by atoms with E-state index in [9.17, 15) is 4.79 Å². The van der Waals surface area contributed by atoms with Crippen LogP contribution in [0.1, 0.15) is 24.9 Å². The van der Waals surface area contributed by atoms with E-state index >= 15 is 0 Å². The second-order valence-electron chi connectivity index (χ2n) is 4.84. The molecule has 0 amide bonds. The number of hydrogen-bond donors (Lipinski definition) is 1. The molecule has 1 atom stereocenters. The largest absolute Gasteiger partial charge is 0.466 e. The van der Waals surface area contributed by atoms with Crippen LogP contribution in [0, 0.1) is 0 Å². The van der Waals surface area contributed by atoms with Gasteiger partial charge in [0.2, 0.25) is 0 Å². The van der Waals surface area contributed by atoms with Gasteiger partial charge in [-0.25, -0.2) is 0 Å². The van der Waals surface area contributed by atoms with Crippen LogP contribution in [-0.4, -0.2) is 12.6 Å². The fraction of sp³-hybridized carbons (Fsp3) is 0.235. The molecule has 0 aliphatic carbocycles. The number of halogens is 2. The molecule has 3 nitrogen and oxygen atoms in total. The molecule has 0 unspecified atom stereocenters. The highest BCUT2D eigenvalue weighted by Crippen LogP contribution is 2.35. The highest BCUT2D eigenvalue weighted by atomic mass is 35.5. The lowest BCUT2D eigenvalue weighted by Crippen LogP contribution is -2.17. The second kappa shape index (κ2) is 7.63. The Morgan fingerprint density at radius 1 is 1.18 bits per heavy atom. The Balaban J connectivity index is 2.29. The van der Waals surface area contributed by atoms with Crippen LogP contribution in [0.4, 0.5) is 0 Å². The molecule has 22 heavy (non-hydrogen) atoms. The van der Waals surface area contributed by atoms with E-state index in [0.29, 0.717) is 16.7 Å². The number of esters is 1. The number of carbonyl (C=O) groups is 1. The van der Waals surface area contributed by atoms with Crippen molar-refractivity contribution in [3.63, 3.8) is 0 Å². The van der Waals surface area contributed by atoms with E-state index in [1.54, 1.807) is 25.1 Å². The monoisotopic (exact) mass is 337 g/mol. The quantitative estimate of drug-likeness (QED) is 0.810. The van der Waals surface area contributed by atoms with Crippen molar-refractivity contribution in [1.29, 1.82) is 0 Å². The van der Waals surface area contributed by atoms with Gasteiger partial charge in [-0.15, -0.1) is 0 Å². The SMILES string of the molecule is CCOC(=O)C[C@H](N)c1cccc(-c2c(Cl)cccc2Cl)c1. The fourth-order valence-electron chi connectivity index (χ4n) is 2.22. The van der Waals surface area contributed by atoms with Crippen molar-refractivity contribution in [1.82, 2.24) is 0 Å². The highest BCUT2D eigenvalue weighted by molar-refractivity contribution is 6.39. The molecule has 2 aromatic rings. The summed E-state index contributed by atoms with van der Waals surface area (Å²) in [4.78, 5) is 11.5. The Morgan fingerprint density at radius 2 is 1.82 bits per heavy atom.